The van der Waals surface area contributed by atoms with Gasteiger partial charge < -0.3 is 20.3 Å². The first-order valence-electron chi connectivity index (χ1n) is 9.94. The second kappa shape index (κ2) is 7.00. The van der Waals surface area contributed by atoms with Crippen LogP contribution in [0.25, 0.3) is 5.57 Å². The topological polar surface area (TPSA) is 74.2 Å². The van der Waals surface area contributed by atoms with E-state index < -0.39 is 4.65 Å². The highest BCUT2D eigenvalue weighted by atomic mass is 16.6. The fourth-order valence-corrected chi connectivity index (χ4v) is 4.28. The molecule has 158 valence electrons. The minimum Gasteiger partial charge on any atom is -0.621 e. The average Bonchev–Trinajstić information content (AvgIpc) is 2.93. The minimum absolute atomic E-state index is 0.265. The van der Waals surface area contributed by atoms with Crippen LogP contribution in [0.1, 0.15) is 25.0 Å². The second-order valence-corrected chi connectivity index (χ2v) is 8.84. The Morgan fingerprint density at radius 1 is 1.33 bits per heavy atom. The van der Waals surface area contributed by atoms with Gasteiger partial charge in [0.15, 0.2) is 0 Å². The Balaban J connectivity index is 1.83. The van der Waals surface area contributed by atoms with Gasteiger partial charge in [-0.25, -0.2) is 9.69 Å². The highest BCUT2D eigenvalue weighted by molar-refractivity contribution is 6.10. The lowest BCUT2D eigenvalue weighted by atomic mass is 9.86. The molecule has 1 aromatic rings. The molecule has 1 aromatic carbocycles. The average molecular weight is 409 g/mol. The standard InChI is InChI=1S/C22H28N6O2/c1-22(2)14-28(30,20-12-23-8-9-27(20)21(29)25(3)4)19-10-16(6-7-18(19)22)17-11-24-15-26(5)13-17/h6-13,23H,14-15H2,1-5H3. The van der Waals surface area contributed by atoms with Gasteiger partial charge in [0.2, 0.25) is 5.82 Å². The van der Waals surface area contributed by atoms with E-state index in [1.165, 1.54) is 9.80 Å². The number of nitrogens with zero attached hydrogens (tertiary/aromatic N) is 5. The first-order chi connectivity index (χ1) is 14.1. The molecule has 3 aliphatic heterocycles. The number of hydrogen-bond donors (Lipinski definition) is 1. The van der Waals surface area contributed by atoms with Crippen molar-refractivity contribution in [3.8, 4) is 0 Å². The monoisotopic (exact) mass is 408 g/mol. The number of nitrogens with one attached hydrogen (secondary N) is 1. The van der Waals surface area contributed by atoms with E-state index >= 15 is 0 Å². The van der Waals surface area contributed by atoms with Crippen LogP contribution in [0.5, 0.6) is 0 Å². The normalized spacial score (nSPS) is 24.2. The Kier molecular flexibility index (Phi) is 4.71. The summed E-state index contributed by atoms with van der Waals surface area (Å²) in [4.78, 5) is 22.1. The number of carbonyl (C=O) groups is 1. The number of hydrogen-bond acceptors (Lipinski definition) is 5. The summed E-state index contributed by atoms with van der Waals surface area (Å²) in [6.07, 6.45) is 8.75. The Bertz CT molecular complexity index is 1010. The first-order valence-corrected chi connectivity index (χ1v) is 9.94. The quantitative estimate of drug-likeness (QED) is 0.603. The van der Waals surface area contributed by atoms with Crippen LogP contribution in [-0.2, 0) is 5.41 Å². The minimum atomic E-state index is -0.715. The Labute approximate surface area is 177 Å². The fraction of sp³-hybridized carbons (Fsp3) is 0.364. The van der Waals surface area contributed by atoms with Crippen molar-refractivity contribution in [1.82, 2.24) is 24.7 Å². The number of rotatable bonds is 2. The van der Waals surface area contributed by atoms with Gasteiger partial charge in [-0.3, -0.25) is 9.64 Å². The zero-order valence-electron chi connectivity index (χ0n) is 18.1. The van der Waals surface area contributed by atoms with Crippen molar-refractivity contribution < 1.29 is 4.79 Å². The maximum Gasteiger partial charge on any atom is 0.332 e. The molecule has 1 atom stereocenters. The summed E-state index contributed by atoms with van der Waals surface area (Å²) in [7, 11) is 5.32. The maximum absolute atomic E-state index is 14.5. The van der Waals surface area contributed by atoms with Gasteiger partial charge in [0.05, 0.1) is 12.7 Å². The van der Waals surface area contributed by atoms with Crippen LogP contribution < -0.4 is 9.96 Å². The number of benzene rings is 1. The molecule has 0 radical (unpaired) electrons. The van der Waals surface area contributed by atoms with Crippen LogP contribution in [0.3, 0.4) is 0 Å². The molecule has 0 bridgehead atoms. The zero-order chi connectivity index (χ0) is 21.7. The molecule has 0 saturated heterocycles. The molecule has 1 N–H and O–H groups in total. The summed E-state index contributed by atoms with van der Waals surface area (Å²) in [5.41, 5.74) is 3.21. The predicted molar refractivity (Wildman–Crippen MR) is 120 cm³/mol. The number of quaternary nitrogens is 1. The van der Waals surface area contributed by atoms with E-state index in [4.69, 9.17) is 0 Å². The number of amides is 2. The molecule has 0 fully saturated rings. The molecule has 0 spiro atoms. The van der Waals surface area contributed by atoms with Crippen LogP contribution in [-0.4, -0.2) is 61.3 Å². The molecule has 4 rings (SSSR count). The van der Waals surface area contributed by atoms with Crippen LogP contribution in [0.2, 0.25) is 0 Å². The van der Waals surface area contributed by atoms with E-state index in [1.807, 2.05) is 42.6 Å². The molecule has 0 aromatic heterocycles. The van der Waals surface area contributed by atoms with E-state index in [0.717, 1.165) is 16.7 Å². The molecule has 3 heterocycles. The van der Waals surface area contributed by atoms with Crippen LogP contribution in [0.4, 0.5) is 10.5 Å². The van der Waals surface area contributed by atoms with Crippen LogP contribution >= 0.6 is 0 Å². The summed E-state index contributed by atoms with van der Waals surface area (Å²) < 4.78 is -0.715. The molecule has 8 nitrogen and oxygen atoms in total. The summed E-state index contributed by atoms with van der Waals surface area (Å²) in [6, 6.07) is 5.77. The smallest absolute Gasteiger partial charge is 0.332 e. The molecule has 8 heteroatoms. The van der Waals surface area contributed by atoms with Crippen molar-refractivity contribution >= 4 is 23.5 Å². The molecule has 0 aliphatic carbocycles. The van der Waals surface area contributed by atoms with Crippen molar-refractivity contribution in [1.29, 1.82) is 0 Å². The van der Waals surface area contributed by atoms with Gasteiger partial charge >= 0.3 is 6.03 Å². The third kappa shape index (κ3) is 3.18. The van der Waals surface area contributed by atoms with Gasteiger partial charge in [0.25, 0.3) is 0 Å². The van der Waals surface area contributed by atoms with Gasteiger partial charge in [-0.05, 0) is 5.56 Å². The second-order valence-electron chi connectivity index (χ2n) is 8.84. The van der Waals surface area contributed by atoms with Crippen molar-refractivity contribution in [3.05, 3.63) is 65.2 Å². The van der Waals surface area contributed by atoms with Crippen molar-refractivity contribution in [2.45, 2.75) is 19.3 Å². The lowest BCUT2D eigenvalue weighted by Gasteiger charge is -2.44. The molecular weight excluding hydrogens is 380 g/mol. The lowest BCUT2D eigenvalue weighted by molar-refractivity contribution is 0.185. The van der Waals surface area contributed by atoms with Crippen LogP contribution in [0.15, 0.2) is 53.8 Å². The lowest BCUT2D eigenvalue weighted by Crippen LogP contribution is -2.52. The SMILES string of the molecule is CN1C=C(c2ccc3c(c2)[N+]([O-])(C2=CNC=CN2C(=O)N(C)C)CC3(C)C)C=NC1. The van der Waals surface area contributed by atoms with Gasteiger partial charge in [-0.2, -0.15) is 0 Å². The number of urea groups is 1. The van der Waals surface area contributed by atoms with E-state index in [-0.39, 0.29) is 11.4 Å². The number of hydroxylamine groups is 2. The summed E-state index contributed by atoms with van der Waals surface area (Å²) in [6.45, 7) is 5.07. The molecule has 3 aliphatic rings. The van der Waals surface area contributed by atoms with Gasteiger partial charge in [-0.1, -0.05) is 26.0 Å². The predicted octanol–water partition coefficient (Wildman–Crippen LogP) is 2.95. The summed E-state index contributed by atoms with van der Waals surface area (Å²) >= 11 is 0. The molecule has 1 unspecified atom stereocenters. The Morgan fingerprint density at radius 3 is 2.80 bits per heavy atom. The van der Waals surface area contributed by atoms with Crippen molar-refractivity contribution in [3.63, 3.8) is 0 Å². The highest BCUT2D eigenvalue weighted by Crippen LogP contribution is 2.49. The summed E-state index contributed by atoms with van der Waals surface area (Å²) in [5, 5.41) is 17.4. The third-order valence-electron chi connectivity index (χ3n) is 5.70. The number of allylic oxidation sites excluding steroid dienone is 1. The van der Waals surface area contributed by atoms with E-state index in [2.05, 4.69) is 24.2 Å². The largest absolute Gasteiger partial charge is 0.621 e. The molecule has 30 heavy (non-hydrogen) atoms. The van der Waals surface area contributed by atoms with E-state index in [1.54, 1.807) is 32.7 Å². The summed E-state index contributed by atoms with van der Waals surface area (Å²) in [5.74, 6) is 0.351. The fourth-order valence-electron chi connectivity index (χ4n) is 4.28. The highest BCUT2D eigenvalue weighted by Gasteiger charge is 2.49. The number of aliphatic imine (C=N–C) groups is 1. The van der Waals surface area contributed by atoms with Gasteiger partial charge in [-0.15, -0.1) is 0 Å². The van der Waals surface area contributed by atoms with Gasteiger partial charge in [0, 0.05) is 68.6 Å². The van der Waals surface area contributed by atoms with E-state index in [0.29, 0.717) is 24.7 Å². The Hall–Kier alpha value is -3.10. The van der Waals surface area contributed by atoms with E-state index in [9.17, 15) is 10.0 Å². The van der Waals surface area contributed by atoms with Gasteiger partial charge in [0.1, 0.15) is 12.4 Å². The maximum atomic E-state index is 14.5. The van der Waals surface area contributed by atoms with Crippen molar-refractivity contribution in [2.24, 2.45) is 4.99 Å². The number of carbonyl (C=O) groups excluding carboxylic acids is 1. The van der Waals surface area contributed by atoms with Crippen LogP contribution in [0, 0.1) is 5.21 Å². The Morgan fingerprint density at radius 2 is 2.10 bits per heavy atom. The molecule has 0 saturated carbocycles. The van der Waals surface area contributed by atoms with Crippen molar-refractivity contribution in [2.75, 3.05) is 34.4 Å². The zero-order valence-corrected chi connectivity index (χ0v) is 18.1. The molecule has 2 amide bonds. The first kappa shape index (κ1) is 20.2. The third-order valence-corrected chi connectivity index (χ3v) is 5.70. The number of fused-ring (bicyclic) bond motifs is 1. The molecular formula is C22H28N6O2.